The first-order valence-corrected chi connectivity index (χ1v) is 11.1. The Balaban J connectivity index is 2.81. The van der Waals surface area contributed by atoms with Crippen molar-refractivity contribution in [2.24, 2.45) is 0 Å². The van der Waals surface area contributed by atoms with Gasteiger partial charge >= 0.3 is 0 Å². The minimum absolute atomic E-state index is 1.12. The van der Waals surface area contributed by atoms with E-state index in [2.05, 4.69) is 99.4 Å². The average molecular weight is 311 g/mol. The Kier molecular flexibility index (Phi) is 4.53. The van der Waals surface area contributed by atoms with E-state index in [9.17, 15) is 0 Å². The molecule has 2 nitrogen and oxygen atoms in total. The first-order chi connectivity index (χ1) is 10.2. The molecule has 3 heteroatoms. The van der Waals surface area contributed by atoms with E-state index in [0.29, 0.717) is 0 Å². The second-order valence-corrected chi connectivity index (χ2v) is 11.9. The second-order valence-electron chi connectivity index (χ2n) is 7.13. The fraction of sp³-hybridized carbons (Fsp3) is 0.368. The van der Waals surface area contributed by atoms with Gasteiger partial charge in [0.05, 0.1) is 5.69 Å². The van der Waals surface area contributed by atoms with Crippen molar-refractivity contribution in [1.82, 2.24) is 0 Å². The number of anilines is 2. The first-order valence-electron chi connectivity index (χ1n) is 7.64. The molecule has 0 atom stereocenters. The fourth-order valence-corrected chi connectivity index (χ4v) is 3.04. The van der Waals surface area contributed by atoms with Crippen LogP contribution in [0, 0.1) is 11.5 Å². The number of hydrogen-bond donors (Lipinski definition) is 0. The number of hydrogen-bond acceptors (Lipinski definition) is 2. The van der Waals surface area contributed by atoms with Crippen molar-refractivity contribution in [2.45, 2.75) is 19.6 Å². The van der Waals surface area contributed by atoms with Gasteiger partial charge in [0.2, 0.25) is 0 Å². The van der Waals surface area contributed by atoms with Crippen LogP contribution in [0.15, 0.2) is 30.3 Å². The lowest BCUT2D eigenvalue weighted by molar-refractivity contribution is 1.12. The smallest absolute Gasteiger partial charge is 0.129 e. The molecule has 0 spiro atoms. The lowest BCUT2D eigenvalue weighted by atomic mass is 10.0. The molecule has 2 aromatic carbocycles. The van der Waals surface area contributed by atoms with Crippen LogP contribution >= 0.6 is 0 Å². The summed E-state index contributed by atoms with van der Waals surface area (Å²) in [5.41, 5.74) is 7.06. The van der Waals surface area contributed by atoms with Gasteiger partial charge in [-0.2, -0.15) is 0 Å². The van der Waals surface area contributed by atoms with Gasteiger partial charge < -0.3 is 9.80 Å². The molecular formula is C19H26N2Si. The predicted molar refractivity (Wildman–Crippen MR) is 103 cm³/mol. The van der Waals surface area contributed by atoms with E-state index < -0.39 is 8.07 Å². The van der Waals surface area contributed by atoms with Gasteiger partial charge in [0.25, 0.3) is 0 Å². The molecule has 0 bridgehead atoms. The normalized spacial score (nSPS) is 11.0. The summed E-state index contributed by atoms with van der Waals surface area (Å²) in [4.78, 5) is 4.36. The SMILES string of the molecule is CN(C)c1cccc2ccc(C#C[Si](C)(C)C)c(N(C)C)c12. The van der Waals surface area contributed by atoms with Crippen LogP contribution in [-0.2, 0) is 0 Å². The van der Waals surface area contributed by atoms with Crippen LogP contribution in [0.2, 0.25) is 19.6 Å². The summed E-state index contributed by atoms with van der Waals surface area (Å²) in [6.07, 6.45) is 0. The zero-order valence-corrected chi connectivity index (χ0v) is 15.8. The molecule has 0 N–H and O–H groups in total. The Morgan fingerprint density at radius 1 is 0.864 bits per heavy atom. The molecule has 0 aromatic heterocycles. The molecule has 0 aliphatic carbocycles. The van der Waals surface area contributed by atoms with E-state index in [-0.39, 0.29) is 0 Å². The second kappa shape index (κ2) is 6.06. The summed E-state index contributed by atoms with van der Waals surface area (Å²) in [5.74, 6) is 3.44. The fourth-order valence-electron chi connectivity index (χ4n) is 2.53. The maximum atomic E-state index is 3.50. The van der Waals surface area contributed by atoms with Crippen LogP contribution in [0.1, 0.15) is 5.56 Å². The van der Waals surface area contributed by atoms with Gasteiger partial charge in [0.1, 0.15) is 8.07 Å². The molecular weight excluding hydrogens is 284 g/mol. The molecule has 0 heterocycles. The molecule has 2 rings (SSSR count). The molecule has 0 aliphatic heterocycles. The van der Waals surface area contributed by atoms with E-state index in [1.54, 1.807) is 0 Å². The Morgan fingerprint density at radius 3 is 2.09 bits per heavy atom. The van der Waals surface area contributed by atoms with Crippen molar-refractivity contribution in [1.29, 1.82) is 0 Å². The van der Waals surface area contributed by atoms with Crippen molar-refractivity contribution in [3.8, 4) is 11.5 Å². The number of fused-ring (bicyclic) bond motifs is 1. The Morgan fingerprint density at radius 2 is 1.55 bits per heavy atom. The third-order valence-electron chi connectivity index (χ3n) is 3.50. The number of benzene rings is 2. The Hall–Kier alpha value is -1.92. The minimum Gasteiger partial charge on any atom is -0.377 e. The van der Waals surface area contributed by atoms with E-state index >= 15 is 0 Å². The van der Waals surface area contributed by atoms with Crippen LogP contribution in [0.4, 0.5) is 11.4 Å². The minimum atomic E-state index is -1.39. The van der Waals surface area contributed by atoms with Gasteiger partial charge in [0, 0.05) is 44.8 Å². The van der Waals surface area contributed by atoms with Crippen molar-refractivity contribution < 1.29 is 0 Å². The zero-order chi connectivity index (χ0) is 16.5. The van der Waals surface area contributed by atoms with Gasteiger partial charge in [-0.1, -0.05) is 43.8 Å². The summed E-state index contributed by atoms with van der Waals surface area (Å²) in [6.45, 7) is 6.84. The zero-order valence-electron chi connectivity index (χ0n) is 14.8. The van der Waals surface area contributed by atoms with Crippen molar-refractivity contribution >= 4 is 30.2 Å². The average Bonchev–Trinajstić information content (AvgIpc) is 2.42. The summed E-state index contributed by atoms with van der Waals surface area (Å²) in [7, 11) is 6.99. The van der Waals surface area contributed by atoms with Crippen molar-refractivity contribution in [3.05, 3.63) is 35.9 Å². The molecule has 0 radical (unpaired) electrons. The van der Waals surface area contributed by atoms with E-state index in [0.717, 1.165) is 5.56 Å². The summed E-state index contributed by atoms with van der Waals surface area (Å²) >= 11 is 0. The maximum Gasteiger partial charge on any atom is 0.129 e. The van der Waals surface area contributed by atoms with Crippen LogP contribution in [0.5, 0.6) is 0 Å². The highest BCUT2D eigenvalue weighted by atomic mass is 28.3. The quantitative estimate of drug-likeness (QED) is 0.606. The third-order valence-corrected chi connectivity index (χ3v) is 4.37. The highest BCUT2D eigenvalue weighted by molar-refractivity contribution is 6.83. The lowest BCUT2D eigenvalue weighted by Crippen LogP contribution is -2.17. The molecule has 116 valence electrons. The third kappa shape index (κ3) is 3.45. The van der Waals surface area contributed by atoms with E-state index in [1.807, 2.05) is 0 Å². The molecule has 2 aromatic rings. The first kappa shape index (κ1) is 16.4. The molecule has 0 amide bonds. The number of rotatable bonds is 2. The van der Waals surface area contributed by atoms with Gasteiger partial charge in [-0.05, 0) is 17.5 Å². The summed E-state index contributed by atoms with van der Waals surface area (Å²) < 4.78 is 0. The summed E-state index contributed by atoms with van der Waals surface area (Å²) in [6, 6.07) is 10.8. The van der Waals surface area contributed by atoms with E-state index in [1.165, 1.54) is 22.1 Å². The lowest BCUT2D eigenvalue weighted by Gasteiger charge is -2.23. The van der Waals surface area contributed by atoms with Gasteiger partial charge in [-0.3, -0.25) is 0 Å². The molecule has 22 heavy (non-hydrogen) atoms. The summed E-state index contributed by atoms with van der Waals surface area (Å²) in [5, 5.41) is 2.54. The highest BCUT2D eigenvalue weighted by Gasteiger charge is 2.14. The van der Waals surface area contributed by atoms with Gasteiger partial charge in [0.15, 0.2) is 0 Å². The molecule has 0 aliphatic rings. The maximum absolute atomic E-state index is 3.50. The van der Waals surface area contributed by atoms with Crippen molar-refractivity contribution in [3.63, 3.8) is 0 Å². The highest BCUT2D eigenvalue weighted by Crippen LogP contribution is 2.36. The standard InChI is InChI=1S/C19H26N2Si/c1-20(2)17-10-8-9-15-11-12-16(13-14-22(5,6)7)19(18(15)17)21(3)4/h8-12H,1-7H3. The predicted octanol–water partition coefficient (Wildman–Crippen LogP) is 4.20. The van der Waals surface area contributed by atoms with Crippen LogP contribution in [0.3, 0.4) is 0 Å². The van der Waals surface area contributed by atoms with Crippen molar-refractivity contribution in [2.75, 3.05) is 38.0 Å². The molecule has 0 saturated carbocycles. The topological polar surface area (TPSA) is 6.48 Å². The monoisotopic (exact) mass is 310 g/mol. The van der Waals surface area contributed by atoms with Crippen LogP contribution in [-0.4, -0.2) is 36.3 Å². The molecule has 0 unspecified atom stereocenters. The van der Waals surface area contributed by atoms with Crippen LogP contribution in [0.25, 0.3) is 10.8 Å². The molecule has 0 fully saturated rings. The van der Waals surface area contributed by atoms with Gasteiger partial charge in [-0.25, -0.2) is 0 Å². The molecule has 0 saturated heterocycles. The number of nitrogens with zero attached hydrogens (tertiary/aromatic N) is 2. The Labute approximate surface area is 135 Å². The Bertz CT molecular complexity index is 744. The van der Waals surface area contributed by atoms with Crippen LogP contribution < -0.4 is 9.80 Å². The largest absolute Gasteiger partial charge is 0.377 e. The van der Waals surface area contributed by atoms with E-state index in [4.69, 9.17) is 0 Å². The van der Waals surface area contributed by atoms with Gasteiger partial charge in [-0.15, -0.1) is 5.54 Å².